The quantitative estimate of drug-likeness (QED) is 0.443. The summed E-state index contributed by atoms with van der Waals surface area (Å²) in [6, 6.07) is 21.5. The summed E-state index contributed by atoms with van der Waals surface area (Å²) in [5.41, 5.74) is 1.98. The summed E-state index contributed by atoms with van der Waals surface area (Å²) in [7, 11) is 1.62. The number of ketones is 1. The number of nitrogens with zero attached hydrogens (tertiary/aromatic N) is 1. The second kappa shape index (κ2) is 7.94. The van der Waals surface area contributed by atoms with Gasteiger partial charge < -0.3 is 9.30 Å². The SMILES string of the molecule is COc1ccccc1Cn1cc(C(=O)c2ccc(Cl)cc2)c(=O)c2ccccc21. The summed E-state index contributed by atoms with van der Waals surface area (Å²) in [4.78, 5) is 26.1. The molecule has 29 heavy (non-hydrogen) atoms. The summed E-state index contributed by atoms with van der Waals surface area (Å²) in [6.45, 7) is 0.464. The Morgan fingerprint density at radius 1 is 0.966 bits per heavy atom. The van der Waals surface area contributed by atoms with Crippen LogP contribution in [0.3, 0.4) is 0 Å². The van der Waals surface area contributed by atoms with Gasteiger partial charge in [0.25, 0.3) is 0 Å². The van der Waals surface area contributed by atoms with Crippen molar-refractivity contribution in [3.8, 4) is 5.75 Å². The first-order chi connectivity index (χ1) is 14.1. The van der Waals surface area contributed by atoms with Crippen LogP contribution in [0.25, 0.3) is 10.9 Å². The van der Waals surface area contributed by atoms with Crippen molar-refractivity contribution in [2.75, 3.05) is 7.11 Å². The zero-order valence-corrected chi connectivity index (χ0v) is 16.5. The van der Waals surface area contributed by atoms with Crippen molar-refractivity contribution >= 4 is 28.3 Å². The molecule has 0 bridgehead atoms. The minimum atomic E-state index is -0.328. The van der Waals surface area contributed by atoms with Gasteiger partial charge in [0.2, 0.25) is 5.43 Å². The third-order valence-corrected chi connectivity index (χ3v) is 5.12. The molecule has 0 fully saturated rings. The molecule has 4 aromatic rings. The molecule has 0 unspecified atom stereocenters. The molecule has 1 heterocycles. The highest BCUT2D eigenvalue weighted by atomic mass is 35.5. The van der Waals surface area contributed by atoms with Crippen molar-refractivity contribution < 1.29 is 9.53 Å². The summed E-state index contributed by atoms with van der Waals surface area (Å²) >= 11 is 5.93. The van der Waals surface area contributed by atoms with E-state index in [1.54, 1.807) is 49.7 Å². The summed E-state index contributed by atoms with van der Waals surface area (Å²) in [6.07, 6.45) is 1.63. The van der Waals surface area contributed by atoms with Gasteiger partial charge in [-0.2, -0.15) is 0 Å². The molecule has 5 heteroatoms. The van der Waals surface area contributed by atoms with Crippen molar-refractivity contribution in [3.63, 3.8) is 0 Å². The normalized spacial score (nSPS) is 10.8. The Bertz CT molecular complexity index is 1260. The van der Waals surface area contributed by atoms with E-state index in [4.69, 9.17) is 16.3 Å². The minimum Gasteiger partial charge on any atom is -0.496 e. The van der Waals surface area contributed by atoms with Gasteiger partial charge in [-0.05, 0) is 42.5 Å². The number of hydrogen-bond donors (Lipinski definition) is 0. The lowest BCUT2D eigenvalue weighted by atomic mass is 10.0. The Morgan fingerprint density at radius 2 is 1.66 bits per heavy atom. The lowest BCUT2D eigenvalue weighted by molar-refractivity contribution is 0.103. The molecule has 0 radical (unpaired) electrons. The third kappa shape index (κ3) is 3.67. The van der Waals surface area contributed by atoms with E-state index in [1.165, 1.54) is 0 Å². The van der Waals surface area contributed by atoms with Gasteiger partial charge >= 0.3 is 0 Å². The Hall–Kier alpha value is -3.37. The molecule has 4 rings (SSSR count). The van der Waals surface area contributed by atoms with Crippen molar-refractivity contribution in [1.29, 1.82) is 0 Å². The van der Waals surface area contributed by atoms with Gasteiger partial charge in [-0.15, -0.1) is 0 Å². The van der Waals surface area contributed by atoms with Crippen molar-refractivity contribution in [1.82, 2.24) is 4.57 Å². The number of aromatic nitrogens is 1. The van der Waals surface area contributed by atoms with Gasteiger partial charge in [-0.25, -0.2) is 0 Å². The zero-order valence-electron chi connectivity index (χ0n) is 15.8. The number of rotatable bonds is 5. The smallest absolute Gasteiger partial charge is 0.200 e. The number of para-hydroxylation sites is 2. The van der Waals surface area contributed by atoms with Crippen LogP contribution in [0.1, 0.15) is 21.5 Å². The molecule has 0 saturated carbocycles. The van der Waals surface area contributed by atoms with E-state index in [9.17, 15) is 9.59 Å². The predicted molar refractivity (Wildman–Crippen MR) is 115 cm³/mol. The van der Waals surface area contributed by atoms with E-state index < -0.39 is 0 Å². The number of methoxy groups -OCH3 is 1. The van der Waals surface area contributed by atoms with E-state index in [-0.39, 0.29) is 16.8 Å². The van der Waals surface area contributed by atoms with Gasteiger partial charge in [-0.3, -0.25) is 9.59 Å². The van der Waals surface area contributed by atoms with Crippen LogP contribution in [0.4, 0.5) is 0 Å². The maximum atomic E-state index is 13.1. The van der Waals surface area contributed by atoms with E-state index in [1.807, 2.05) is 41.0 Å². The van der Waals surface area contributed by atoms with Crippen molar-refractivity contribution in [3.05, 3.63) is 111 Å². The summed E-state index contributed by atoms with van der Waals surface area (Å²) in [5.74, 6) is 0.423. The molecule has 4 nitrogen and oxygen atoms in total. The van der Waals surface area contributed by atoms with Crippen molar-refractivity contribution in [2.24, 2.45) is 0 Å². The maximum absolute atomic E-state index is 13.1. The average molecular weight is 404 g/mol. The number of fused-ring (bicyclic) bond motifs is 1. The molecule has 0 aliphatic rings. The highest BCUT2D eigenvalue weighted by Gasteiger charge is 2.17. The van der Waals surface area contributed by atoms with Crippen LogP contribution < -0.4 is 10.2 Å². The van der Waals surface area contributed by atoms with Crippen LogP contribution in [0.15, 0.2) is 83.8 Å². The largest absolute Gasteiger partial charge is 0.496 e. The standard InChI is InChI=1S/C24H18ClNO3/c1-29-22-9-5-2-6-17(22)14-26-15-20(23(27)16-10-12-18(25)13-11-16)24(28)19-7-3-4-8-21(19)26/h2-13,15H,14H2,1H3. The summed E-state index contributed by atoms with van der Waals surface area (Å²) < 4.78 is 7.37. The number of pyridine rings is 1. The number of hydrogen-bond acceptors (Lipinski definition) is 3. The monoisotopic (exact) mass is 403 g/mol. The number of carbonyl (C=O) groups excluding carboxylic acids is 1. The van der Waals surface area contributed by atoms with Crippen LogP contribution in [-0.4, -0.2) is 17.5 Å². The highest BCUT2D eigenvalue weighted by Crippen LogP contribution is 2.22. The fourth-order valence-corrected chi connectivity index (χ4v) is 3.54. The van der Waals surface area contributed by atoms with Gasteiger partial charge in [-0.1, -0.05) is 41.9 Å². The molecule has 0 aliphatic carbocycles. The number of ether oxygens (including phenoxy) is 1. The number of benzene rings is 3. The highest BCUT2D eigenvalue weighted by molar-refractivity contribution is 6.30. The molecule has 0 saturated heterocycles. The van der Waals surface area contributed by atoms with Crippen LogP contribution in [0.5, 0.6) is 5.75 Å². The van der Waals surface area contributed by atoms with Crippen LogP contribution >= 0.6 is 11.6 Å². The van der Waals surface area contributed by atoms with Crippen LogP contribution in [0, 0.1) is 0 Å². The first-order valence-electron chi connectivity index (χ1n) is 9.13. The van der Waals surface area contributed by atoms with Gasteiger partial charge in [0.1, 0.15) is 5.75 Å². The second-order valence-corrected chi connectivity index (χ2v) is 7.10. The van der Waals surface area contributed by atoms with E-state index in [0.717, 1.165) is 16.8 Å². The van der Waals surface area contributed by atoms with Gasteiger partial charge in [0, 0.05) is 27.7 Å². The summed E-state index contributed by atoms with van der Waals surface area (Å²) in [5, 5.41) is 1.04. The fraction of sp³-hybridized carbons (Fsp3) is 0.0833. The molecule has 0 amide bonds. The average Bonchev–Trinajstić information content (AvgIpc) is 2.76. The molecule has 0 aliphatic heterocycles. The first-order valence-corrected chi connectivity index (χ1v) is 9.50. The molecule has 0 atom stereocenters. The second-order valence-electron chi connectivity index (χ2n) is 6.66. The maximum Gasteiger partial charge on any atom is 0.200 e. The Kier molecular flexibility index (Phi) is 5.19. The molecule has 1 aromatic heterocycles. The number of carbonyl (C=O) groups is 1. The van der Waals surface area contributed by atoms with Gasteiger partial charge in [0.15, 0.2) is 5.78 Å². The third-order valence-electron chi connectivity index (χ3n) is 4.87. The minimum absolute atomic E-state index is 0.126. The van der Waals surface area contributed by atoms with E-state index in [0.29, 0.717) is 22.5 Å². The first kappa shape index (κ1) is 19.0. The van der Waals surface area contributed by atoms with Crippen LogP contribution in [-0.2, 0) is 6.54 Å². The fourth-order valence-electron chi connectivity index (χ4n) is 3.41. The predicted octanol–water partition coefficient (Wildman–Crippen LogP) is 4.94. The number of halogens is 1. The topological polar surface area (TPSA) is 48.3 Å². The van der Waals surface area contributed by atoms with E-state index >= 15 is 0 Å². The molecular formula is C24H18ClNO3. The lowest BCUT2D eigenvalue weighted by Crippen LogP contribution is -2.20. The van der Waals surface area contributed by atoms with Gasteiger partial charge in [0.05, 0.1) is 24.7 Å². The molecular weight excluding hydrogens is 386 g/mol. The molecule has 3 aromatic carbocycles. The van der Waals surface area contributed by atoms with E-state index in [2.05, 4.69) is 0 Å². The Morgan fingerprint density at radius 3 is 2.41 bits per heavy atom. The zero-order chi connectivity index (χ0) is 20.4. The molecule has 0 spiro atoms. The van der Waals surface area contributed by atoms with Crippen LogP contribution in [0.2, 0.25) is 5.02 Å². The Labute approximate surface area is 172 Å². The van der Waals surface area contributed by atoms with Crippen molar-refractivity contribution in [2.45, 2.75) is 6.54 Å². The molecule has 144 valence electrons. The molecule has 0 N–H and O–H groups in total. The Balaban J connectivity index is 1.88. The lowest BCUT2D eigenvalue weighted by Gasteiger charge is -2.15.